The number of nitrogens with two attached hydrogens (primary N) is 1. The summed E-state index contributed by atoms with van der Waals surface area (Å²) < 4.78 is 1.36. The van der Waals surface area contributed by atoms with Crippen molar-refractivity contribution in [1.29, 1.82) is 0 Å². The van der Waals surface area contributed by atoms with E-state index in [0.717, 1.165) is 6.54 Å². The highest BCUT2D eigenvalue weighted by Gasteiger charge is 2.12. The van der Waals surface area contributed by atoms with Gasteiger partial charge in [-0.15, -0.1) is 11.3 Å². The van der Waals surface area contributed by atoms with Crippen LogP contribution in [0.25, 0.3) is 10.1 Å². The number of rotatable bonds is 7. The Morgan fingerprint density at radius 2 is 2.00 bits per heavy atom. The molecule has 0 bridgehead atoms. The van der Waals surface area contributed by atoms with Crippen molar-refractivity contribution < 1.29 is 0 Å². The molecule has 104 valence electrons. The minimum absolute atomic E-state index is 0.650. The Bertz CT molecular complexity index is 518. The highest BCUT2D eigenvalue weighted by Crippen LogP contribution is 2.31. The van der Waals surface area contributed by atoms with Gasteiger partial charge in [-0.2, -0.15) is 0 Å². The first-order valence-electron chi connectivity index (χ1n) is 7.14. The quantitative estimate of drug-likeness (QED) is 0.775. The fourth-order valence-corrected chi connectivity index (χ4v) is 3.56. The smallest absolute Gasteiger partial charge is 0.0349 e. The largest absolute Gasteiger partial charge is 0.326 e. The molecule has 1 heterocycles. The maximum atomic E-state index is 5.90. The maximum absolute atomic E-state index is 5.90. The Balaban J connectivity index is 2.14. The molecule has 2 nitrogen and oxygen atoms in total. The molecule has 1 aromatic carbocycles. The molecule has 0 aliphatic carbocycles. The van der Waals surface area contributed by atoms with Crippen LogP contribution in [0.2, 0.25) is 0 Å². The van der Waals surface area contributed by atoms with E-state index in [4.69, 9.17) is 5.73 Å². The normalized spacial score (nSPS) is 11.6. The number of hydrogen-bond donors (Lipinski definition) is 1. The molecule has 0 amide bonds. The van der Waals surface area contributed by atoms with E-state index in [1.807, 2.05) is 11.3 Å². The number of hydrogen-bond acceptors (Lipinski definition) is 3. The van der Waals surface area contributed by atoms with Crippen molar-refractivity contribution in [3.8, 4) is 0 Å². The fraction of sp³-hybridized carbons (Fsp3) is 0.500. The standard InChI is InChI=1S/C16H24N2S/c1-3-4-7-10-18(2)12-14-13-8-5-6-9-15(13)19-16(14)11-17/h5-6,8-9H,3-4,7,10-12,17H2,1-2H3. The van der Waals surface area contributed by atoms with Gasteiger partial charge in [-0.25, -0.2) is 0 Å². The molecule has 2 aromatic rings. The van der Waals surface area contributed by atoms with E-state index in [-0.39, 0.29) is 0 Å². The van der Waals surface area contributed by atoms with Crippen LogP contribution in [-0.2, 0) is 13.1 Å². The van der Waals surface area contributed by atoms with Gasteiger partial charge in [-0.3, -0.25) is 0 Å². The van der Waals surface area contributed by atoms with E-state index in [0.29, 0.717) is 6.54 Å². The first-order chi connectivity index (χ1) is 9.26. The molecule has 0 aliphatic rings. The van der Waals surface area contributed by atoms with E-state index < -0.39 is 0 Å². The zero-order valence-electron chi connectivity index (χ0n) is 12.0. The summed E-state index contributed by atoms with van der Waals surface area (Å²) in [4.78, 5) is 3.76. The highest BCUT2D eigenvalue weighted by atomic mass is 32.1. The molecule has 0 atom stereocenters. The van der Waals surface area contributed by atoms with Gasteiger partial charge in [0, 0.05) is 22.7 Å². The van der Waals surface area contributed by atoms with Gasteiger partial charge in [0.25, 0.3) is 0 Å². The molecule has 19 heavy (non-hydrogen) atoms. The van der Waals surface area contributed by atoms with Crippen molar-refractivity contribution in [1.82, 2.24) is 4.90 Å². The molecular formula is C16H24N2S. The zero-order valence-corrected chi connectivity index (χ0v) is 12.8. The summed E-state index contributed by atoms with van der Waals surface area (Å²) in [6.45, 7) is 5.08. The Hall–Kier alpha value is -0.900. The highest BCUT2D eigenvalue weighted by molar-refractivity contribution is 7.19. The van der Waals surface area contributed by atoms with Crippen LogP contribution in [0, 0.1) is 0 Å². The van der Waals surface area contributed by atoms with Gasteiger partial charge in [-0.1, -0.05) is 38.0 Å². The Morgan fingerprint density at radius 3 is 2.74 bits per heavy atom. The molecule has 0 saturated carbocycles. The lowest BCUT2D eigenvalue weighted by atomic mass is 10.1. The molecule has 0 radical (unpaired) electrons. The van der Waals surface area contributed by atoms with Gasteiger partial charge in [0.1, 0.15) is 0 Å². The van der Waals surface area contributed by atoms with Crippen LogP contribution in [0.5, 0.6) is 0 Å². The van der Waals surface area contributed by atoms with E-state index in [2.05, 4.69) is 43.1 Å². The lowest BCUT2D eigenvalue weighted by Gasteiger charge is -2.17. The summed E-state index contributed by atoms with van der Waals surface area (Å²) in [5, 5.41) is 1.38. The molecule has 1 aromatic heterocycles. The first-order valence-corrected chi connectivity index (χ1v) is 7.95. The minimum atomic E-state index is 0.650. The van der Waals surface area contributed by atoms with Crippen molar-refractivity contribution in [2.75, 3.05) is 13.6 Å². The number of unbranched alkanes of at least 4 members (excludes halogenated alkanes) is 2. The Kier molecular flexibility index (Phi) is 5.37. The number of thiophene rings is 1. The second-order valence-corrected chi connectivity index (χ2v) is 6.29. The van der Waals surface area contributed by atoms with Gasteiger partial charge < -0.3 is 10.6 Å². The third-order valence-electron chi connectivity index (χ3n) is 3.54. The van der Waals surface area contributed by atoms with Crippen molar-refractivity contribution in [3.63, 3.8) is 0 Å². The Labute approximate surface area is 120 Å². The lowest BCUT2D eigenvalue weighted by Crippen LogP contribution is -2.19. The van der Waals surface area contributed by atoms with Gasteiger partial charge in [0.05, 0.1) is 0 Å². The Morgan fingerprint density at radius 1 is 1.21 bits per heavy atom. The molecule has 0 saturated heterocycles. The monoisotopic (exact) mass is 276 g/mol. The zero-order chi connectivity index (χ0) is 13.7. The van der Waals surface area contributed by atoms with Gasteiger partial charge in [0.2, 0.25) is 0 Å². The van der Waals surface area contributed by atoms with Gasteiger partial charge >= 0.3 is 0 Å². The second-order valence-electron chi connectivity index (χ2n) is 5.15. The molecule has 0 unspecified atom stereocenters. The summed E-state index contributed by atoms with van der Waals surface area (Å²) in [6, 6.07) is 8.64. The summed E-state index contributed by atoms with van der Waals surface area (Å²) in [6.07, 6.45) is 3.88. The SMILES string of the molecule is CCCCCN(C)Cc1c(CN)sc2ccccc12. The van der Waals surface area contributed by atoms with Crippen LogP contribution in [0.3, 0.4) is 0 Å². The van der Waals surface area contributed by atoms with Gasteiger partial charge in [-0.05, 0) is 37.0 Å². The van der Waals surface area contributed by atoms with Crippen LogP contribution < -0.4 is 5.73 Å². The molecule has 0 fully saturated rings. The average molecular weight is 276 g/mol. The van der Waals surface area contributed by atoms with Crippen LogP contribution >= 0.6 is 11.3 Å². The lowest BCUT2D eigenvalue weighted by molar-refractivity contribution is 0.319. The fourth-order valence-electron chi connectivity index (χ4n) is 2.47. The molecular weight excluding hydrogens is 252 g/mol. The van der Waals surface area contributed by atoms with Crippen molar-refractivity contribution in [3.05, 3.63) is 34.7 Å². The van der Waals surface area contributed by atoms with E-state index in [1.54, 1.807) is 0 Å². The predicted molar refractivity (Wildman–Crippen MR) is 85.6 cm³/mol. The molecule has 2 N–H and O–H groups in total. The third-order valence-corrected chi connectivity index (χ3v) is 4.77. The van der Waals surface area contributed by atoms with Crippen LogP contribution in [0.1, 0.15) is 36.6 Å². The van der Waals surface area contributed by atoms with Crippen LogP contribution in [0.15, 0.2) is 24.3 Å². The molecule has 3 heteroatoms. The van der Waals surface area contributed by atoms with Crippen molar-refractivity contribution in [2.45, 2.75) is 39.3 Å². The summed E-state index contributed by atoms with van der Waals surface area (Å²) in [7, 11) is 2.21. The van der Waals surface area contributed by atoms with Crippen LogP contribution in [0.4, 0.5) is 0 Å². The van der Waals surface area contributed by atoms with E-state index in [9.17, 15) is 0 Å². The number of benzene rings is 1. The van der Waals surface area contributed by atoms with Gasteiger partial charge in [0.15, 0.2) is 0 Å². The van der Waals surface area contributed by atoms with E-state index in [1.165, 1.54) is 46.3 Å². The topological polar surface area (TPSA) is 29.3 Å². The van der Waals surface area contributed by atoms with E-state index >= 15 is 0 Å². The maximum Gasteiger partial charge on any atom is 0.0349 e. The molecule has 0 spiro atoms. The molecule has 0 aliphatic heterocycles. The summed E-state index contributed by atoms with van der Waals surface area (Å²) in [5.41, 5.74) is 7.34. The van der Waals surface area contributed by atoms with Crippen LogP contribution in [-0.4, -0.2) is 18.5 Å². The number of nitrogens with zero attached hydrogens (tertiary/aromatic N) is 1. The second kappa shape index (κ2) is 7.04. The predicted octanol–water partition coefficient (Wildman–Crippen LogP) is 3.98. The van der Waals surface area contributed by atoms with Crippen molar-refractivity contribution in [2.24, 2.45) is 5.73 Å². The number of fused-ring (bicyclic) bond motifs is 1. The summed E-state index contributed by atoms with van der Waals surface area (Å²) in [5.74, 6) is 0. The minimum Gasteiger partial charge on any atom is -0.326 e. The molecule has 2 rings (SSSR count). The third kappa shape index (κ3) is 3.56. The summed E-state index contributed by atoms with van der Waals surface area (Å²) >= 11 is 1.84. The van der Waals surface area contributed by atoms with Crippen molar-refractivity contribution >= 4 is 21.4 Å². The first kappa shape index (κ1) is 14.5. The average Bonchev–Trinajstić information content (AvgIpc) is 2.77.